The molecule has 2 aromatic rings. The molecule has 178 valence electrons. The molecule has 2 amide bonds. The highest BCUT2D eigenvalue weighted by molar-refractivity contribution is 7.99. The molecule has 0 radical (unpaired) electrons. The van der Waals surface area contributed by atoms with E-state index in [4.69, 9.17) is 23.2 Å². The Kier molecular flexibility index (Phi) is 10.4. The molecular formula is C26H32Cl2N2O2S. The van der Waals surface area contributed by atoms with E-state index in [9.17, 15) is 9.59 Å². The van der Waals surface area contributed by atoms with Crippen LogP contribution in [0.3, 0.4) is 0 Å². The zero-order valence-corrected chi connectivity index (χ0v) is 21.4. The van der Waals surface area contributed by atoms with Crippen LogP contribution >= 0.6 is 35.0 Å². The summed E-state index contributed by atoms with van der Waals surface area (Å²) in [5.74, 6) is 0.796. The van der Waals surface area contributed by atoms with Gasteiger partial charge in [0.15, 0.2) is 0 Å². The first kappa shape index (κ1) is 25.9. The Labute approximate surface area is 211 Å². The molecule has 1 aliphatic carbocycles. The number of carbonyl (C=O) groups excluding carboxylic acids is 2. The van der Waals surface area contributed by atoms with Crippen LogP contribution in [-0.2, 0) is 16.1 Å². The van der Waals surface area contributed by atoms with Gasteiger partial charge in [0.2, 0.25) is 11.8 Å². The van der Waals surface area contributed by atoms with Crippen molar-refractivity contribution in [2.24, 2.45) is 0 Å². The minimum atomic E-state index is -0.474. The average molecular weight is 508 g/mol. The first-order chi connectivity index (χ1) is 16.0. The van der Waals surface area contributed by atoms with E-state index in [1.54, 1.807) is 16.7 Å². The van der Waals surface area contributed by atoms with Crippen LogP contribution in [-0.4, -0.2) is 34.6 Å². The number of nitrogens with one attached hydrogen (secondary N) is 1. The topological polar surface area (TPSA) is 49.4 Å². The predicted octanol–water partition coefficient (Wildman–Crippen LogP) is 6.73. The summed E-state index contributed by atoms with van der Waals surface area (Å²) < 4.78 is 0. The Hall–Kier alpha value is -1.69. The van der Waals surface area contributed by atoms with Gasteiger partial charge >= 0.3 is 0 Å². The molecule has 1 fully saturated rings. The summed E-state index contributed by atoms with van der Waals surface area (Å²) in [6.45, 7) is 2.37. The molecule has 33 heavy (non-hydrogen) atoms. The lowest BCUT2D eigenvalue weighted by molar-refractivity contribution is -0.141. The van der Waals surface area contributed by atoms with Crippen molar-refractivity contribution in [1.29, 1.82) is 0 Å². The van der Waals surface area contributed by atoms with Crippen molar-refractivity contribution in [3.63, 3.8) is 0 Å². The van der Waals surface area contributed by atoms with Crippen molar-refractivity contribution < 1.29 is 9.59 Å². The summed E-state index contributed by atoms with van der Waals surface area (Å²) >= 11 is 13.7. The van der Waals surface area contributed by atoms with Crippen LogP contribution in [0.15, 0.2) is 53.4 Å². The summed E-state index contributed by atoms with van der Waals surface area (Å²) in [4.78, 5) is 29.3. The van der Waals surface area contributed by atoms with Crippen molar-refractivity contribution in [2.75, 3.05) is 5.75 Å². The standard InChI is InChI=1S/C26H32Cl2N2O2S/c1-2-24(26(32)29-22-6-3-4-7-22)30(18-19-9-11-20(27)12-10-19)25(31)8-5-17-33-23-15-13-21(28)14-16-23/h9-16,22,24H,2-8,17-18H2,1H3,(H,29,32)/t24-/m1/s1. The van der Waals surface area contributed by atoms with Gasteiger partial charge in [-0.25, -0.2) is 0 Å². The molecule has 1 N–H and O–H groups in total. The van der Waals surface area contributed by atoms with Gasteiger partial charge in [-0.2, -0.15) is 0 Å². The van der Waals surface area contributed by atoms with Crippen LogP contribution in [0.5, 0.6) is 0 Å². The molecule has 0 aromatic heterocycles. The Bertz CT molecular complexity index is 900. The summed E-state index contributed by atoms with van der Waals surface area (Å²) in [6.07, 6.45) is 6.08. The molecule has 0 heterocycles. The Morgan fingerprint density at radius 2 is 1.64 bits per heavy atom. The first-order valence-corrected chi connectivity index (χ1v) is 13.4. The normalized spacial score (nSPS) is 14.8. The van der Waals surface area contributed by atoms with Gasteiger partial charge in [-0.3, -0.25) is 9.59 Å². The number of nitrogens with zero attached hydrogens (tertiary/aromatic N) is 1. The zero-order chi connectivity index (χ0) is 23.6. The van der Waals surface area contributed by atoms with E-state index in [0.29, 0.717) is 29.4 Å². The molecule has 1 saturated carbocycles. The third kappa shape index (κ3) is 8.24. The van der Waals surface area contributed by atoms with E-state index in [0.717, 1.165) is 48.3 Å². The number of hydrogen-bond acceptors (Lipinski definition) is 3. The zero-order valence-electron chi connectivity index (χ0n) is 19.1. The van der Waals surface area contributed by atoms with Gasteiger partial charge in [0, 0.05) is 33.9 Å². The number of halogens is 2. The van der Waals surface area contributed by atoms with E-state index in [-0.39, 0.29) is 17.9 Å². The van der Waals surface area contributed by atoms with Crippen LogP contribution in [0, 0.1) is 0 Å². The first-order valence-electron chi connectivity index (χ1n) is 11.7. The van der Waals surface area contributed by atoms with Gasteiger partial charge in [-0.05, 0) is 73.4 Å². The maximum absolute atomic E-state index is 13.3. The van der Waals surface area contributed by atoms with Crippen LogP contribution in [0.4, 0.5) is 0 Å². The molecular weight excluding hydrogens is 475 g/mol. The second-order valence-corrected chi connectivity index (χ2v) is 10.5. The number of benzene rings is 2. The van der Waals surface area contributed by atoms with Crippen molar-refractivity contribution >= 4 is 46.8 Å². The molecule has 0 saturated heterocycles. The van der Waals surface area contributed by atoms with E-state index < -0.39 is 6.04 Å². The van der Waals surface area contributed by atoms with Gasteiger partial charge < -0.3 is 10.2 Å². The van der Waals surface area contributed by atoms with E-state index in [2.05, 4.69) is 5.32 Å². The summed E-state index contributed by atoms with van der Waals surface area (Å²) in [5.41, 5.74) is 0.968. The Morgan fingerprint density at radius 3 is 2.24 bits per heavy atom. The fraction of sp³-hybridized carbons (Fsp3) is 0.462. The van der Waals surface area contributed by atoms with Crippen molar-refractivity contribution in [2.45, 2.75) is 75.4 Å². The predicted molar refractivity (Wildman–Crippen MR) is 138 cm³/mol. The van der Waals surface area contributed by atoms with Crippen LogP contribution < -0.4 is 5.32 Å². The van der Waals surface area contributed by atoms with Gasteiger partial charge in [0.25, 0.3) is 0 Å². The highest BCUT2D eigenvalue weighted by Crippen LogP contribution is 2.23. The highest BCUT2D eigenvalue weighted by Gasteiger charge is 2.30. The molecule has 0 spiro atoms. The minimum absolute atomic E-state index is 0.00933. The largest absolute Gasteiger partial charge is 0.352 e. The van der Waals surface area contributed by atoms with Crippen LogP contribution in [0.1, 0.15) is 57.4 Å². The average Bonchev–Trinajstić information content (AvgIpc) is 3.32. The van der Waals surface area contributed by atoms with Gasteiger partial charge in [0.05, 0.1) is 0 Å². The van der Waals surface area contributed by atoms with Gasteiger partial charge in [-0.15, -0.1) is 11.8 Å². The summed E-state index contributed by atoms with van der Waals surface area (Å²) in [6, 6.07) is 15.0. The number of thioether (sulfide) groups is 1. The van der Waals surface area contributed by atoms with Crippen LogP contribution in [0.2, 0.25) is 10.0 Å². The molecule has 0 bridgehead atoms. The molecule has 1 aliphatic rings. The van der Waals surface area contributed by atoms with E-state index >= 15 is 0 Å². The number of rotatable bonds is 11. The molecule has 1 atom stereocenters. The second-order valence-electron chi connectivity index (χ2n) is 8.47. The second kappa shape index (κ2) is 13.3. The molecule has 7 heteroatoms. The smallest absolute Gasteiger partial charge is 0.243 e. The van der Waals surface area contributed by atoms with E-state index in [1.165, 1.54) is 0 Å². The maximum atomic E-state index is 13.3. The van der Waals surface area contributed by atoms with E-state index in [1.807, 2.05) is 55.5 Å². The van der Waals surface area contributed by atoms with Crippen molar-refractivity contribution in [3.8, 4) is 0 Å². The van der Waals surface area contributed by atoms with Gasteiger partial charge in [-0.1, -0.05) is 55.1 Å². The third-order valence-electron chi connectivity index (χ3n) is 5.97. The third-order valence-corrected chi connectivity index (χ3v) is 7.57. The van der Waals surface area contributed by atoms with Crippen LogP contribution in [0.25, 0.3) is 0 Å². The molecule has 2 aromatic carbocycles. The SMILES string of the molecule is CC[C@H](C(=O)NC1CCCC1)N(Cc1ccc(Cl)cc1)C(=O)CCCSc1ccc(Cl)cc1. The lowest BCUT2D eigenvalue weighted by Crippen LogP contribution is -2.50. The number of carbonyl (C=O) groups is 2. The Balaban J connectivity index is 1.63. The maximum Gasteiger partial charge on any atom is 0.243 e. The molecule has 0 unspecified atom stereocenters. The monoisotopic (exact) mass is 506 g/mol. The number of amides is 2. The molecule has 4 nitrogen and oxygen atoms in total. The summed E-state index contributed by atoms with van der Waals surface area (Å²) in [7, 11) is 0. The van der Waals surface area contributed by atoms with Crippen molar-refractivity contribution in [1.82, 2.24) is 10.2 Å². The minimum Gasteiger partial charge on any atom is -0.352 e. The molecule has 3 rings (SSSR count). The Morgan fingerprint density at radius 1 is 1.03 bits per heavy atom. The lowest BCUT2D eigenvalue weighted by atomic mass is 10.1. The quantitative estimate of drug-likeness (QED) is 0.271. The fourth-order valence-electron chi connectivity index (χ4n) is 4.16. The van der Waals surface area contributed by atoms with Crippen molar-refractivity contribution in [3.05, 3.63) is 64.1 Å². The lowest BCUT2D eigenvalue weighted by Gasteiger charge is -2.31. The number of hydrogen-bond donors (Lipinski definition) is 1. The van der Waals surface area contributed by atoms with Gasteiger partial charge in [0.1, 0.15) is 6.04 Å². The fourth-order valence-corrected chi connectivity index (χ4v) is 5.27. The highest BCUT2D eigenvalue weighted by atomic mass is 35.5. The molecule has 0 aliphatic heterocycles. The summed E-state index contributed by atoms with van der Waals surface area (Å²) in [5, 5.41) is 4.56.